The van der Waals surface area contributed by atoms with Crippen LogP contribution >= 0.6 is 0 Å². The summed E-state index contributed by atoms with van der Waals surface area (Å²) in [4.78, 5) is 0. The standard InChI is InChI=1S/C22H21NO/c23-17-19(10-6-7-16-24-20-12-2-1-3-13-20)22-15-8-11-18-9-4-5-14-21(18)22/h1-5,8-9,11-15,19H,6-7,10,16H2. The van der Waals surface area contributed by atoms with E-state index in [9.17, 15) is 5.26 Å². The highest BCUT2D eigenvalue weighted by Crippen LogP contribution is 2.28. The highest BCUT2D eigenvalue weighted by molar-refractivity contribution is 5.86. The third-order valence-electron chi connectivity index (χ3n) is 4.25. The number of nitriles is 1. The van der Waals surface area contributed by atoms with Crippen LogP contribution in [-0.4, -0.2) is 6.61 Å². The number of rotatable bonds is 7. The first-order valence-electron chi connectivity index (χ1n) is 8.43. The van der Waals surface area contributed by atoms with Gasteiger partial charge >= 0.3 is 0 Å². The summed E-state index contributed by atoms with van der Waals surface area (Å²) in [6.07, 6.45) is 2.80. The van der Waals surface area contributed by atoms with Crippen molar-refractivity contribution < 1.29 is 4.74 Å². The largest absolute Gasteiger partial charge is 0.494 e. The molecule has 1 atom stereocenters. The Bertz CT molecular complexity index is 815. The second-order valence-corrected chi connectivity index (χ2v) is 5.91. The van der Waals surface area contributed by atoms with E-state index in [1.54, 1.807) is 0 Å². The second-order valence-electron chi connectivity index (χ2n) is 5.91. The predicted molar refractivity (Wildman–Crippen MR) is 98.1 cm³/mol. The number of ether oxygens (including phenoxy) is 1. The minimum Gasteiger partial charge on any atom is -0.494 e. The Labute approximate surface area is 143 Å². The average molecular weight is 315 g/mol. The van der Waals surface area contributed by atoms with E-state index < -0.39 is 0 Å². The minimum atomic E-state index is -0.0622. The zero-order valence-electron chi connectivity index (χ0n) is 13.7. The van der Waals surface area contributed by atoms with Gasteiger partial charge in [0, 0.05) is 0 Å². The molecule has 1 unspecified atom stereocenters. The van der Waals surface area contributed by atoms with Crippen LogP contribution in [0.5, 0.6) is 5.75 Å². The molecule has 2 nitrogen and oxygen atoms in total. The van der Waals surface area contributed by atoms with Crippen molar-refractivity contribution in [1.82, 2.24) is 0 Å². The van der Waals surface area contributed by atoms with Crippen molar-refractivity contribution in [2.45, 2.75) is 25.2 Å². The van der Waals surface area contributed by atoms with E-state index in [2.05, 4.69) is 30.3 Å². The average Bonchev–Trinajstić information content (AvgIpc) is 2.65. The number of hydrogen-bond acceptors (Lipinski definition) is 2. The maximum absolute atomic E-state index is 9.59. The van der Waals surface area contributed by atoms with Crippen LogP contribution in [-0.2, 0) is 0 Å². The molecular formula is C22H21NO. The Balaban J connectivity index is 1.56. The van der Waals surface area contributed by atoms with E-state index in [1.165, 1.54) is 10.8 Å². The van der Waals surface area contributed by atoms with Crippen molar-refractivity contribution >= 4 is 10.8 Å². The van der Waals surface area contributed by atoms with E-state index in [1.807, 2.05) is 48.5 Å². The highest BCUT2D eigenvalue weighted by Gasteiger charge is 2.13. The molecule has 0 saturated carbocycles. The fraction of sp³-hybridized carbons (Fsp3) is 0.227. The minimum absolute atomic E-state index is 0.0622. The van der Waals surface area contributed by atoms with Gasteiger partial charge in [-0.3, -0.25) is 0 Å². The fourth-order valence-corrected chi connectivity index (χ4v) is 3.00. The molecule has 0 amide bonds. The van der Waals surface area contributed by atoms with E-state index in [0.717, 1.165) is 30.6 Å². The number of nitrogens with zero attached hydrogens (tertiary/aromatic N) is 1. The molecular weight excluding hydrogens is 294 g/mol. The van der Waals surface area contributed by atoms with Crippen LogP contribution in [0.3, 0.4) is 0 Å². The lowest BCUT2D eigenvalue weighted by molar-refractivity contribution is 0.304. The van der Waals surface area contributed by atoms with Crippen molar-refractivity contribution in [3.8, 4) is 11.8 Å². The number of unbranched alkanes of at least 4 members (excludes halogenated alkanes) is 1. The second kappa shape index (κ2) is 8.17. The van der Waals surface area contributed by atoms with Gasteiger partial charge in [-0.2, -0.15) is 5.26 Å². The Kier molecular flexibility index (Phi) is 5.48. The number of hydrogen-bond donors (Lipinski definition) is 0. The van der Waals surface area contributed by atoms with Crippen molar-refractivity contribution in [1.29, 1.82) is 5.26 Å². The maximum Gasteiger partial charge on any atom is 0.119 e. The molecule has 0 aromatic heterocycles. The monoisotopic (exact) mass is 315 g/mol. The molecule has 0 saturated heterocycles. The van der Waals surface area contributed by atoms with Gasteiger partial charge in [0.2, 0.25) is 0 Å². The SMILES string of the molecule is N#CC(CCCCOc1ccccc1)c1cccc2ccccc12. The number of benzene rings is 3. The quantitative estimate of drug-likeness (QED) is 0.524. The first-order valence-corrected chi connectivity index (χ1v) is 8.43. The van der Waals surface area contributed by atoms with Crippen LogP contribution in [0.1, 0.15) is 30.7 Å². The Morgan fingerprint density at radius 3 is 2.42 bits per heavy atom. The van der Waals surface area contributed by atoms with Gasteiger partial charge < -0.3 is 4.74 Å². The zero-order chi connectivity index (χ0) is 16.6. The zero-order valence-corrected chi connectivity index (χ0v) is 13.7. The van der Waals surface area contributed by atoms with Gasteiger partial charge in [-0.1, -0.05) is 60.7 Å². The molecule has 24 heavy (non-hydrogen) atoms. The molecule has 0 fully saturated rings. The van der Waals surface area contributed by atoms with Crippen molar-refractivity contribution in [2.24, 2.45) is 0 Å². The van der Waals surface area contributed by atoms with Gasteiger partial charge in [0.05, 0.1) is 18.6 Å². The summed E-state index contributed by atoms with van der Waals surface area (Å²) < 4.78 is 5.71. The Morgan fingerprint density at radius 2 is 1.58 bits per heavy atom. The Morgan fingerprint density at radius 1 is 0.833 bits per heavy atom. The van der Waals surface area contributed by atoms with Crippen LogP contribution < -0.4 is 4.74 Å². The highest BCUT2D eigenvalue weighted by atomic mass is 16.5. The summed E-state index contributed by atoms with van der Waals surface area (Å²) in [5.74, 6) is 0.844. The van der Waals surface area contributed by atoms with Gasteiger partial charge in [-0.25, -0.2) is 0 Å². The summed E-state index contributed by atoms with van der Waals surface area (Å²) in [6.45, 7) is 0.692. The van der Waals surface area contributed by atoms with Crippen molar-refractivity contribution in [3.05, 3.63) is 78.4 Å². The lowest BCUT2D eigenvalue weighted by Crippen LogP contribution is -2.01. The molecule has 0 spiro atoms. The van der Waals surface area contributed by atoms with Gasteiger partial charge in [0.1, 0.15) is 5.75 Å². The lowest BCUT2D eigenvalue weighted by Gasteiger charge is -2.13. The van der Waals surface area contributed by atoms with Crippen molar-refractivity contribution in [2.75, 3.05) is 6.61 Å². The van der Waals surface area contributed by atoms with Gasteiger partial charge in [0.25, 0.3) is 0 Å². The van der Waals surface area contributed by atoms with E-state index in [-0.39, 0.29) is 5.92 Å². The van der Waals surface area contributed by atoms with Crippen molar-refractivity contribution in [3.63, 3.8) is 0 Å². The third-order valence-corrected chi connectivity index (χ3v) is 4.25. The van der Waals surface area contributed by atoms with Crippen LogP contribution in [0.4, 0.5) is 0 Å². The summed E-state index contributed by atoms with van der Waals surface area (Å²) in [5.41, 5.74) is 1.14. The predicted octanol–water partition coefficient (Wildman–Crippen LogP) is 5.70. The molecule has 0 radical (unpaired) electrons. The summed E-state index contributed by atoms with van der Waals surface area (Å²) in [5, 5.41) is 12.0. The summed E-state index contributed by atoms with van der Waals surface area (Å²) in [6, 6.07) is 26.8. The number of fused-ring (bicyclic) bond motifs is 1. The normalized spacial score (nSPS) is 11.8. The molecule has 0 bridgehead atoms. The van der Waals surface area contributed by atoms with Crippen LogP contribution in [0, 0.1) is 11.3 Å². The molecule has 0 aliphatic carbocycles. The summed E-state index contributed by atoms with van der Waals surface area (Å²) >= 11 is 0. The Hall–Kier alpha value is -2.79. The van der Waals surface area contributed by atoms with Gasteiger partial charge in [0.15, 0.2) is 0 Å². The molecule has 120 valence electrons. The van der Waals surface area contributed by atoms with E-state index >= 15 is 0 Å². The molecule has 2 heteroatoms. The first-order chi connectivity index (χ1) is 11.9. The molecule has 3 aromatic carbocycles. The molecule has 0 N–H and O–H groups in total. The smallest absolute Gasteiger partial charge is 0.119 e. The number of para-hydroxylation sites is 1. The van der Waals surface area contributed by atoms with Crippen LogP contribution in [0.15, 0.2) is 72.8 Å². The topological polar surface area (TPSA) is 33.0 Å². The molecule has 0 aliphatic rings. The molecule has 3 rings (SSSR count). The van der Waals surface area contributed by atoms with Crippen LogP contribution in [0.2, 0.25) is 0 Å². The molecule has 0 heterocycles. The summed E-state index contributed by atoms with van der Waals surface area (Å²) in [7, 11) is 0. The van der Waals surface area contributed by atoms with E-state index in [0.29, 0.717) is 6.61 Å². The lowest BCUT2D eigenvalue weighted by atomic mass is 9.91. The maximum atomic E-state index is 9.59. The molecule has 3 aromatic rings. The van der Waals surface area contributed by atoms with E-state index in [4.69, 9.17) is 4.74 Å². The fourth-order valence-electron chi connectivity index (χ4n) is 3.00. The van der Waals surface area contributed by atoms with Gasteiger partial charge in [-0.15, -0.1) is 0 Å². The van der Waals surface area contributed by atoms with Crippen LogP contribution in [0.25, 0.3) is 10.8 Å². The molecule has 0 aliphatic heterocycles. The third kappa shape index (κ3) is 3.94. The first kappa shape index (κ1) is 16.1. The van der Waals surface area contributed by atoms with Gasteiger partial charge in [-0.05, 0) is 47.7 Å².